The largest absolute Gasteiger partial charge is 0.372 e. The molecule has 0 amide bonds. The maximum Gasteiger partial charge on any atom is 0.128 e. The number of ether oxygens (including phenoxy) is 1. The quantitative estimate of drug-likeness (QED) is 0.726. The van der Waals surface area contributed by atoms with Gasteiger partial charge in [-0.2, -0.15) is 0 Å². The van der Waals surface area contributed by atoms with Crippen molar-refractivity contribution in [1.29, 1.82) is 0 Å². The molecule has 0 N–H and O–H groups in total. The van der Waals surface area contributed by atoms with Gasteiger partial charge >= 0.3 is 0 Å². The van der Waals surface area contributed by atoms with Gasteiger partial charge in [-0.3, -0.25) is 0 Å². The smallest absolute Gasteiger partial charge is 0.128 e. The molecule has 3 heteroatoms. The van der Waals surface area contributed by atoms with Crippen LogP contribution in [0.5, 0.6) is 0 Å². The van der Waals surface area contributed by atoms with Crippen molar-refractivity contribution in [2.75, 3.05) is 18.0 Å². The van der Waals surface area contributed by atoms with E-state index in [0.717, 1.165) is 24.6 Å². The molecule has 0 unspecified atom stereocenters. The molecule has 1 fully saturated rings. The number of aromatic nitrogens is 1. The molecule has 0 aromatic carbocycles. The second-order valence-electron chi connectivity index (χ2n) is 4.73. The third kappa shape index (κ3) is 2.35. The number of anilines is 1. The highest BCUT2D eigenvalue weighted by atomic mass is 16.5. The number of morpholine rings is 1. The first kappa shape index (κ1) is 11.4. The van der Waals surface area contributed by atoms with Gasteiger partial charge in [0.1, 0.15) is 5.82 Å². The van der Waals surface area contributed by atoms with Gasteiger partial charge in [-0.05, 0) is 39.3 Å². The van der Waals surface area contributed by atoms with Gasteiger partial charge in [0.05, 0.1) is 12.2 Å². The standard InChI is InChI=1S/C13H20N2O/c1-9-5-6-13(14-12(9)4)15-7-10(2)16-11(3)8-15/h5-6,10-11H,7-8H2,1-4H3/t10-,11+. The first-order chi connectivity index (χ1) is 7.56. The van der Waals surface area contributed by atoms with E-state index in [1.807, 2.05) is 0 Å². The molecule has 1 saturated heterocycles. The number of nitrogens with zero attached hydrogens (tertiary/aromatic N) is 2. The summed E-state index contributed by atoms with van der Waals surface area (Å²) in [7, 11) is 0. The summed E-state index contributed by atoms with van der Waals surface area (Å²) in [5.74, 6) is 1.07. The Kier molecular flexibility index (Phi) is 3.15. The molecule has 3 nitrogen and oxygen atoms in total. The summed E-state index contributed by atoms with van der Waals surface area (Å²) in [4.78, 5) is 6.95. The molecule has 1 aliphatic rings. The van der Waals surface area contributed by atoms with Gasteiger partial charge in [0.25, 0.3) is 0 Å². The fourth-order valence-electron chi connectivity index (χ4n) is 2.16. The fourth-order valence-corrected chi connectivity index (χ4v) is 2.16. The molecule has 16 heavy (non-hydrogen) atoms. The zero-order valence-corrected chi connectivity index (χ0v) is 10.5. The van der Waals surface area contributed by atoms with E-state index in [1.165, 1.54) is 5.56 Å². The Bertz CT molecular complexity index is 368. The van der Waals surface area contributed by atoms with E-state index >= 15 is 0 Å². The molecule has 1 aliphatic heterocycles. The Hall–Kier alpha value is -1.09. The van der Waals surface area contributed by atoms with Crippen molar-refractivity contribution < 1.29 is 4.74 Å². The van der Waals surface area contributed by atoms with Crippen LogP contribution < -0.4 is 4.90 Å². The average Bonchev–Trinajstić information content (AvgIpc) is 2.20. The lowest BCUT2D eigenvalue weighted by molar-refractivity contribution is -0.00546. The minimum atomic E-state index is 0.284. The lowest BCUT2D eigenvalue weighted by Crippen LogP contribution is -2.45. The number of pyridine rings is 1. The summed E-state index contributed by atoms with van der Waals surface area (Å²) in [6.45, 7) is 10.2. The molecule has 0 aliphatic carbocycles. The summed E-state index contributed by atoms with van der Waals surface area (Å²) < 4.78 is 5.72. The van der Waals surface area contributed by atoms with E-state index in [1.54, 1.807) is 0 Å². The summed E-state index contributed by atoms with van der Waals surface area (Å²) in [6.07, 6.45) is 0.569. The normalized spacial score (nSPS) is 25.9. The molecule has 88 valence electrons. The SMILES string of the molecule is Cc1ccc(N2C[C@@H](C)O[C@@H](C)C2)nc1C. The van der Waals surface area contributed by atoms with Gasteiger partial charge in [0.15, 0.2) is 0 Å². The van der Waals surface area contributed by atoms with Crippen molar-refractivity contribution in [2.45, 2.75) is 39.9 Å². The van der Waals surface area contributed by atoms with Gasteiger partial charge in [-0.25, -0.2) is 4.98 Å². The Morgan fingerprint density at radius 1 is 1.19 bits per heavy atom. The highest BCUT2D eigenvalue weighted by Crippen LogP contribution is 2.19. The predicted molar refractivity (Wildman–Crippen MR) is 65.9 cm³/mol. The topological polar surface area (TPSA) is 25.4 Å². The van der Waals surface area contributed by atoms with Crippen LogP contribution in [0.25, 0.3) is 0 Å². The minimum Gasteiger partial charge on any atom is -0.372 e. The molecule has 0 radical (unpaired) electrons. The first-order valence-corrected chi connectivity index (χ1v) is 5.91. The van der Waals surface area contributed by atoms with E-state index in [4.69, 9.17) is 4.74 Å². The summed E-state index contributed by atoms with van der Waals surface area (Å²) in [6, 6.07) is 4.25. The van der Waals surface area contributed by atoms with Crippen molar-refractivity contribution in [3.8, 4) is 0 Å². The Labute approximate surface area is 97.4 Å². The van der Waals surface area contributed by atoms with Crippen LogP contribution in [0.15, 0.2) is 12.1 Å². The average molecular weight is 220 g/mol. The highest BCUT2D eigenvalue weighted by Gasteiger charge is 2.23. The van der Waals surface area contributed by atoms with E-state index in [0.29, 0.717) is 0 Å². The molecule has 0 spiro atoms. The van der Waals surface area contributed by atoms with Gasteiger partial charge < -0.3 is 9.64 Å². The second-order valence-corrected chi connectivity index (χ2v) is 4.73. The van der Waals surface area contributed by atoms with E-state index in [-0.39, 0.29) is 12.2 Å². The number of rotatable bonds is 1. The van der Waals surface area contributed by atoms with Gasteiger partial charge in [-0.15, -0.1) is 0 Å². The van der Waals surface area contributed by atoms with Crippen LogP contribution in [0.3, 0.4) is 0 Å². The molecule has 0 bridgehead atoms. The second kappa shape index (κ2) is 4.42. The summed E-state index contributed by atoms with van der Waals surface area (Å²) in [5, 5.41) is 0. The van der Waals surface area contributed by atoms with Gasteiger partial charge in [-0.1, -0.05) is 6.07 Å². The minimum absolute atomic E-state index is 0.284. The van der Waals surface area contributed by atoms with Crippen LogP contribution in [0.1, 0.15) is 25.1 Å². The lowest BCUT2D eigenvalue weighted by atomic mass is 10.2. The van der Waals surface area contributed by atoms with Crippen LogP contribution in [0, 0.1) is 13.8 Å². The predicted octanol–water partition coefficient (Wildman–Crippen LogP) is 2.31. The number of aryl methyl sites for hydroxylation is 2. The lowest BCUT2D eigenvalue weighted by Gasteiger charge is -2.36. The van der Waals surface area contributed by atoms with Gasteiger partial charge in [0.2, 0.25) is 0 Å². The monoisotopic (exact) mass is 220 g/mol. The molecule has 2 heterocycles. The van der Waals surface area contributed by atoms with Crippen LogP contribution in [-0.2, 0) is 4.74 Å². The van der Waals surface area contributed by atoms with Crippen molar-refractivity contribution in [3.05, 3.63) is 23.4 Å². The van der Waals surface area contributed by atoms with Crippen molar-refractivity contribution in [2.24, 2.45) is 0 Å². The molecule has 1 aromatic rings. The fraction of sp³-hybridized carbons (Fsp3) is 0.615. The van der Waals surface area contributed by atoms with E-state index in [2.05, 4.69) is 49.7 Å². The van der Waals surface area contributed by atoms with Crippen LogP contribution in [-0.4, -0.2) is 30.3 Å². The summed E-state index contributed by atoms with van der Waals surface area (Å²) in [5.41, 5.74) is 2.36. The van der Waals surface area contributed by atoms with Crippen molar-refractivity contribution in [3.63, 3.8) is 0 Å². The molecular weight excluding hydrogens is 200 g/mol. The van der Waals surface area contributed by atoms with E-state index < -0.39 is 0 Å². The third-order valence-electron chi connectivity index (χ3n) is 3.08. The number of hydrogen-bond donors (Lipinski definition) is 0. The maximum atomic E-state index is 5.72. The Morgan fingerprint density at radius 2 is 1.81 bits per heavy atom. The van der Waals surface area contributed by atoms with Crippen molar-refractivity contribution in [1.82, 2.24) is 4.98 Å². The molecule has 2 rings (SSSR count). The molecule has 0 saturated carbocycles. The van der Waals surface area contributed by atoms with Crippen LogP contribution in [0.4, 0.5) is 5.82 Å². The molecular formula is C13H20N2O. The maximum absolute atomic E-state index is 5.72. The highest BCUT2D eigenvalue weighted by molar-refractivity contribution is 5.42. The summed E-state index contributed by atoms with van der Waals surface area (Å²) >= 11 is 0. The zero-order valence-electron chi connectivity index (χ0n) is 10.5. The van der Waals surface area contributed by atoms with Crippen LogP contribution >= 0.6 is 0 Å². The van der Waals surface area contributed by atoms with Crippen molar-refractivity contribution >= 4 is 5.82 Å². The number of hydrogen-bond acceptors (Lipinski definition) is 3. The first-order valence-electron chi connectivity index (χ1n) is 5.91. The third-order valence-corrected chi connectivity index (χ3v) is 3.08. The van der Waals surface area contributed by atoms with E-state index in [9.17, 15) is 0 Å². The molecule has 2 atom stereocenters. The Balaban J connectivity index is 2.19. The Morgan fingerprint density at radius 3 is 2.38 bits per heavy atom. The zero-order chi connectivity index (χ0) is 11.7. The van der Waals surface area contributed by atoms with Gasteiger partial charge in [0, 0.05) is 18.8 Å². The van der Waals surface area contributed by atoms with Crippen LogP contribution in [0.2, 0.25) is 0 Å². The molecule has 1 aromatic heterocycles.